The van der Waals surface area contributed by atoms with Crippen molar-refractivity contribution in [2.24, 2.45) is 0 Å². The average molecular weight is 301 g/mol. The van der Waals surface area contributed by atoms with E-state index in [0.29, 0.717) is 10.5 Å². The number of aryl methyl sites for hydroxylation is 1. The molecule has 2 aromatic rings. The predicted molar refractivity (Wildman–Crippen MR) is 76.8 cm³/mol. The van der Waals surface area contributed by atoms with Crippen molar-refractivity contribution in [3.8, 4) is 0 Å². The lowest BCUT2D eigenvalue weighted by Crippen LogP contribution is -2.13. The first-order valence-corrected chi connectivity index (χ1v) is 7.93. The van der Waals surface area contributed by atoms with Gasteiger partial charge in [-0.1, -0.05) is 11.8 Å². The van der Waals surface area contributed by atoms with Crippen molar-refractivity contribution in [2.75, 3.05) is 6.61 Å². The predicted octanol–water partition coefficient (Wildman–Crippen LogP) is 3.92. The van der Waals surface area contributed by atoms with Crippen molar-refractivity contribution in [2.45, 2.75) is 36.6 Å². The maximum absolute atomic E-state index is 5.99. The van der Waals surface area contributed by atoms with Gasteiger partial charge in [-0.05, 0) is 37.9 Å². The zero-order valence-electron chi connectivity index (χ0n) is 10.1. The smallest absolute Gasteiger partial charge is 0.224 e. The molecule has 3 nitrogen and oxygen atoms in total. The second-order valence-electron chi connectivity index (χ2n) is 4.39. The van der Waals surface area contributed by atoms with Gasteiger partial charge in [0, 0.05) is 22.1 Å². The van der Waals surface area contributed by atoms with Crippen molar-refractivity contribution >= 4 is 44.9 Å². The highest BCUT2D eigenvalue weighted by molar-refractivity contribution is 8.00. The fourth-order valence-electron chi connectivity index (χ4n) is 2.09. The van der Waals surface area contributed by atoms with Crippen molar-refractivity contribution < 1.29 is 4.74 Å². The van der Waals surface area contributed by atoms with Gasteiger partial charge in [0.25, 0.3) is 0 Å². The molecule has 96 valence electrons. The second-order valence-corrected chi connectivity index (χ2v) is 7.20. The summed E-state index contributed by atoms with van der Waals surface area (Å²) in [6, 6.07) is 2.14. The number of thiophene rings is 1. The van der Waals surface area contributed by atoms with E-state index in [4.69, 9.17) is 16.3 Å². The molecule has 2 unspecified atom stereocenters. The Morgan fingerprint density at radius 1 is 1.50 bits per heavy atom. The van der Waals surface area contributed by atoms with Crippen LogP contribution >= 0.6 is 34.7 Å². The zero-order valence-corrected chi connectivity index (χ0v) is 12.5. The summed E-state index contributed by atoms with van der Waals surface area (Å²) in [4.78, 5) is 10.9. The molecule has 0 N–H and O–H groups in total. The van der Waals surface area contributed by atoms with Gasteiger partial charge in [0.2, 0.25) is 5.28 Å². The topological polar surface area (TPSA) is 35.0 Å². The molecular formula is C12H13ClN2OS2. The Labute approximate surface area is 119 Å². The molecule has 1 saturated heterocycles. The minimum Gasteiger partial charge on any atom is -0.377 e. The molecule has 0 spiro atoms. The molecule has 1 fully saturated rings. The van der Waals surface area contributed by atoms with Crippen molar-refractivity contribution in [1.82, 2.24) is 9.97 Å². The molecule has 2 atom stereocenters. The van der Waals surface area contributed by atoms with Gasteiger partial charge < -0.3 is 4.74 Å². The largest absolute Gasteiger partial charge is 0.377 e. The molecule has 0 radical (unpaired) electrons. The number of hydrogen-bond donors (Lipinski definition) is 0. The van der Waals surface area contributed by atoms with E-state index in [1.54, 1.807) is 23.1 Å². The maximum atomic E-state index is 5.99. The summed E-state index contributed by atoms with van der Waals surface area (Å²) in [5.74, 6) is 0. The first-order chi connectivity index (χ1) is 8.63. The molecule has 2 aromatic heterocycles. The lowest BCUT2D eigenvalue weighted by atomic mass is 10.3. The number of halogens is 1. The molecular weight excluding hydrogens is 288 g/mol. The number of aromatic nitrogens is 2. The summed E-state index contributed by atoms with van der Waals surface area (Å²) >= 11 is 9.42. The quantitative estimate of drug-likeness (QED) is 0.622. The van der Waals surface area contributed by atoms with E-state index in [1.165, 1.54) is 4.88 Å². The average Bonchev–Trinajstić information content (AvgIpc) is 2.85. The summed E-state index contributed by atoms with van der Waals surface area (Å²) in [6.45, 7) is 5.03. The molecule has 18 heavy (non-hydrogen) atoms. The summed E-state index contributed by atoms with van der Waals surface area (Å²) in [5, 5.41) is 2.89. The Morgan fingerprint density at radius 2 is 2.33 bits per heavy atom. The molecule has 0 bridgehead atoms. The lowest BCUT2D eigenvalue weighted by molar-refractivity contribution is 0.127. The third-order valence-corrected chi connectivity index (χ3v) is 5.59. The van der Waals surface area contributed by atoms with Crippen LogP contribution in [0.15, 0.2) is 11.1 Å². The number of thioether (sulfide) groups is 1. The van der Waals surface area contributed by atoms with Crippen LogP contribution in [0.4, 0.5) is 0 Å². The second kappa shape index (κ2) is 4.96. The van der Waals surface area contributed by atoms with Crippen molar-refractivity contribution in [1.29, 1.82) is 0 Å². The molecule has 0 aliphatic carbocycles. The van der Waals surface area contributed by atoms with E-state index < -0.39 is 0 Å². The number of rotatable bonds is 2. The van der Waals surface area contributed by atoms with Crippen LogP contribution in [0.3, 0.4) is 0 Å². The van der Waals surface area contributed by atoms with Gasteiger partial charge >= 0.3 is 0 Å². The third-order valence-electron chi connectivity index (χ3n) is 3.02. The van der Waals surface area contributed by atoms with Crippen LogP contribution in [0, 0.1) is 6.92 Å². The standard InChI is InChI=1S/C12H13ClN2OS2/c1-6-5-8-10(17-6)14-12(13)15-11(8)18-9-3-4-16-7(9)2/h5,7,9H,3-4H2,1-2H3. The molecule has 0 aromatic carbocycles. The Morgan fingerprint density at radius 3 is 3.06 bits per heavy atom. The number of hydrogen-bond acceptors (Lipinski definition) is 5. The molecule has 1 aliphatic rings. The van der Waals surface area contributed by atoms with E-state index in [0.717, 1.165) is 28.3 Å². The summed E-state index contributed by atoms with van der Waals surface area (Å²) in [5.41, 5.74) is 0. The van der Waals surface area contributed by atoms with Crippen LogP contribution in [-0.4, -0.2) is 27.9 Å². The minimum absolute atomic E-state index is 0.276. The molecule has 0 saturated carbocycles. The Balaban J connectivity index is 1.99. The van der Waals surface area contributed by atoms with Gasteiger partial charge in [0.1, 0.15) is 9.86 Å². The third kappa shape index (κ3) is 2.37. The first kappa shape index (κ1) is 12.7. The van der Waals surface area contributed by atoms with E-state index in [9.17, 15) is 0 Å². The first-order valence-electron chi connectivity index (χ1n) is 5.85. The van der Waals surface area contributed by atoms with Gasteiger partial charge in [-0.3, -0.25) is 0 Å². The summed E-state index contributed by atoms with van der Waals surface area (Å²) in [6.07, 6.45) is 1.34. The molecule has 3 heterocycles. The van der Waals surface area contributed by atoms with Gasteiger partial charge in [0.05, 0.1) is 6.10 Å². The van der Waals surface area contributed by atoms with Crippen LogP contribution < -0.4 is 0 Å². The summed E-state index contributed by atoms with van der Waals surface area (Å²) < 4.78 is 5.59. The molecule has 1 aliphatic heterocycles. The zero-order chi connectivity index (χ0) is 12.7. The molecule has 6 heteroatoms. The SMILES string of the molecule is Cc1cc2c(SC3CCOC3C)nc(Cl)nc2s1. The monoisotopic (exact) mass is 300 g/mol. The Kier molecular flexibility index (Phi) is 3.49. The van der Waals surface area contributed by atoms with Crippen molar-refractivity contribution in [3.05, 3.63) is 16.2 Å². The van der Waals surface area contributed by atoms with Gasteiger partial charge in [-0.2, -0.15) is 0 Å². The highest BCUT2D eigenvalue weighted by atomic mass is 35.5. The number of ether oxygens (including phenoxy) is 1. The minimum atomic E-state index is 0.276. The highest BCUT2D eigenvalue weighted by Gasteiger charge is 2.26. The fourth-order valence-corrected chi connectivity index (χ4v) is 4.50. The fraction of sp³-hybridized carbons (Fsp3) is 0.500. The van der Waals surface area contributed by atoms with Gasteiger partial charge in [0.15, 0.2) is 0 Å². The molecule has 0 amide bonds. The van der Waals surface area contributed by atoms with Crippen LogP contribution in [0.1, 0.15) is 18.2 Å². The number of nitrogens with zero attached hydrogens (tertiary/aromatic N) is 2. The lowest BCUT2D eigenvalue weighted by Gasteiger charge is -2.13. The van der Waals surface area contributed by atoms with Crippen LogP contribution in [-0.2, 0) is 4.74 Å². The van der Waals surface area contributed by atoms with E-state index >= 15 is 0 Å². The van der Waals surface area contributed by atoms with Crippen LogP contribution in [0.5, 0.6) is 0 Å². The van der Waals surface area contributed by atoms with Gasteiger partial charge in [-0.25, -0.2) is 9.97 Å². The van der Waals surface area contributed by atoms with E-state index in [2.05, 4.69) is 29.9 Å². The van der Waals surface area contributed by atoms with Crippen molar-refractivity contribution in [3.63, 3.8) is 0 Å². The van der Waals surface area contributed by atoms with E-state index in [1.807, 2.05) is 0 Å². The normalized spacial score (nSPS) is 23.9. The van der Waals surface area contributed by atoms with E-state index in [-0.39, 0.29) is 6.10 Å². The Bertz CT molecular complexity index is 587. The van der Waals surface area contributed by atoms with Gasteiger partial charge in [-0.15, -0.1) is 11.3 Å². The van der Waals surface area contributed by atoms with Crippen LogP contribution in [0.25, 0.3) is 10.2 Å². The maximum Gasteiger partial charge on any atom is 0.224 e. The van der Waals surface area contributed by atoms with Crippen LogP contribution in [0.2, 0.25) is 5.28 Å². The highest BCUT2D eigenvalue weighted by Crippen LogP contribution is 2.37. The molecule has 3 rings (SSSR count). The number of fused-ring (bicyclic) bond motifs is 1. The Hall–Kier alpha value is -0.360. The summed E-state index contributed by atoms with van der Waals surface area (Å²) in [7, 11) is 0.